The van der Waals surface area contributed by atoms with Gasteiger partial charge in [0.15, 0.2) is 0 Å². The topological polar surface area (TPSA) is 53.1 Å². The Morgan fingerprint density at radius 1 is 1.50 bits per heavy atom. The standard InChI is InChI=1S/C12H15ClFN3O/c1-2-18-5-3-4-17-11-6-8(13)9(14)7-10(11)16-12(17)15/h6-7H,2-5H2,1H3,(H2,15,16). The summed E-state index contributed by atoms with van der Waals surface area (Å²) in [6.07, 6.45) is 0.818. The molecule has 2 aromatic rings. The van der Waals surface area contributed by atoms with Gasteiger partial charge in [-0.2, -0.15) is 0 Å². The average Bonchev–Trinajstić information content (AvgIpc) is 2.62. The Morgan fingerprint density at radius 3 is 3.00 bits per heavy atom. The summed E-state index contributed by atoms with van der Waals surface area (Å²) < 4.78 is 20.4. The van der Waals surface area contributed by atoms with Crippen LogP contribution in [0.25, 0.3) is 11.0 Å². The number of nitrogens with two attached hydrogens (primary N) is 1. The van der Waals surface area contributed by atoms with Crippen molar-refractivity contribution in [1.29, 1.82) is 0 Å². The minimum atomic E-state index is -0.483. The van der Waals surface area contributed by atoms with Gasteiger partial charge in [-0.15, -0.1) is 0 Å². The van der Waals surface area contributed by atoms with E-state index >= 15 is 0 Å². The highest BCUT2D eigenvalue weighted by Gasteiger charge is 2.11. The fourth-order valence-electron chi connectivity index (χ4n) is 1.84. The maximum Gasteiger partial charge on any atom is 0.201 e. The molecule has 98 valence electrons. The monoisotopic (exact) mass is 271 g/mol. The van der Waals surface area contributed by atoms with Crippen molar-refractivity contribution in [2.45, 2.75) is 19.9 Å². The number of ether oxygens (including phenoxy) is 1. The number of hydrogen-bond acceptors (Lipinski definition) is 3. The molecule has 0 atom stereocenters. The number of nitrogen functional groups attached to an aromatic ring is 1. The molecule has 0 spiro atoms. The molecule has 1 aromatic heterocycles. The predicted octanol–water partition coefficient (Wildman–Crippen LogP) is 2.84. The molecule has 0 saturated carbocycles. The van der Waals surface area contributed by atoms with E-state index in [4.69, 9.17) is 22.1 Å². The summed E-state index contributed by atoms with van der Waals surface area (Å²) in [5.41, 5.74) is 7.08. The molecule has 0 saturated heterocycles. The average molecular weight is 272 g/mol. The Hall–Kier alpha value is -1.33. The van der Waals surface area contributed by atoms with Crippen LogP contribution in [0.5, 0.6) is 0 Å². The summed E-state index contributed by atoms with van der Waals surface area (Å²) in [7, 11) is 0. The fourth-order valence-corrected chi connectivity index (χ4v) is 2.00. The van der Waals surface area contributed by atoms with Gasteiger partial charge in [-0.05, 0) is 19.4 Å². The minimum Gasteiger partial charge on any atom is -0.382 e. The first kappa shape index (κ1) is 13.1. The van der Waals surface area contributed by atoms with Crippen molar-refractivity contribution < 1.29 is 9.13 Å². The summed E-state index contributed by atoms with van der Waals surface area (Å²) in [5, 5.41) is 0.0773. The van der Waals surface area contributed by atoms with Gasteiger partial charge in [0.1, 0.15) is 5.82 Å². The predicted molar refractivity (Wildman–Crippen MR) is 70.2 cm³/mol. The van der Waals surface area contributed by atoms with Gasteiger partial charge in [0.25, 0.3) is 0 Å². The first-order chi connectivity index (χ1) is 8.63. The van der Waals surface area contributed by atoms with Crippen molar-refractivity contribution >= 4 is 28.6 Å². The van der Waals surface area contributed by atoms with Crippen molar-refractivity contribution in [2.24, 2.45) is 0 Å². The summed E-state index contributed by atoms with van der Waals surface area (Å²) in [6.45, 7) is 3.97. The molecule has 0 fully saturated rings. The van der Waals surface area contributed by atoms with E-state index in [1.165, 1.54) is 6.07 Å². The molecule has 0 aliphatic carbocycles. The van der Waals surface area contributed by atoms with Crippen LogP contribution in [0.15, 0.2) is 12.1 Å². The molecule has 0 aliphatic rings. The van der Waals surface area contributed by atoms with Crippen molar-refractivity contribution in [3.8, 4) is 0 Å². The van der Waals surface area contributed by atoms with E-state index in [0.717, 1.165) is 11.9 Å². The lowest BCUT2D eigenvalue weighted by Gasteiger charge is -2.06. The molecule has 4 nitrogen and oxygen atoms in total. The van der Waals surface area contributed by atoms with Gasteiger partial charge in [0.05, 0.1) is 16.1 Å². The molecular weight excluding hydrogens is 257 g/mol. The lowest BCUT2D eigenvalue weighted by atomic mass is 10.3. The second-order valence-electron chi connectivity index (χ2n) is 3.93. The first-order valence-corrected chi connectivity index (χ1v) is 6.19. The van der Waals surface area contributed by atoms with Crippen LogP contribution in [0.2, 0.25) is 5.02 Å². The molecule has 1 aromatic carbocycles. The van der Waals surface area contributed by atoms with Gasteiger partial charge in [-0.1, -0.05) is 11.6 Å². The highest BCUT2D eigenvalue weighted by Crippen LogP contribution is 2.24. The van der Waals surface area contributed by atoms with E-state index in [9.17, 15) is 4.39 Å². The second kappa shape index (κ2) is 5.54. The minimum absolute atomic E-state index is 0.0773. The zero-order valence-corrected chi connectivity index (χ0v) is 10.9. The Bertz CT molecular complexity index is 556. The van der Waals surface area contributed by atoms with Crippen molar-refractivity contribution in [2.75, 3.05) is 18.9 Å². The van der Waals surface area contributed by atoms with Crippen molar-refractivity contribution in [3.05, 3.63) is 23.0 Å². The molecule has 0 aliphatic heterocycles. The van der Waals surface area contributed by atoms with Gasteiger partial charge in [-0.25, -0.2) is 9.37 Å². The number of anilines is 1. The van der Waals surface area contributed by atoms with Crippen LogP contribution >= 0.6 is 11.6 Å². The van der Waals surface area contributed by atoms with Crippen LogP contribution in [-0.4, -0.2) is 22.8 Å². The van der Waals surface area contributed by atoms with Crippen LogP contribution < -0.4 is 5.73 Å². The van der Waals surface area contributed by atoms with Gasteiger partial charge >= 0.3 is 0 Å². The zero-order valence-electron chi connectivity index (χ0n) is 10.1. The molecule has 0 radical (unpaired) electrons. The van der Waals surface area contributed by atoms with E-state index in [0.29, 0.717) is 31.2 Å². The fraction of sp³-hybridized carbons (Fsp3) is 0.417. The summed E-state index contributed by atoms with van der Waals surface area (Å²) in [5.74, 6) is -0.119. The smallest absolute Gasteiger partial charge is 0.201 e. The van der Waals surface area contributed by atoms with Crippen LogP contribution in [-0.2, 0) is 11.3 Å². The van der Waals surface area contributed by atoms with E-state index in [2.05, 4.69) is 4.98 Å². The third kappa shape index (κ3) is 2.57. The maximum atomic E-state index is 13.3. The molecule has 2 N–H and O–H groups in total. The molecule has 6 heteroatoms. The van der Waals surface area contributed by atoms with Crippen LogP contribution in [0.3, 0.4) is 0 Å². The number of halogens is 2. The Balaban J connectivity index is 2.26. The number of aryl methyl sites for hydroxylation is 1. The molecular formula is C12H15ClFN3O. The molecule has 0 bridgehead atoms. The largest absolute Gasteiger partial charge is 0.382 e. The van der Waals surface area contributed by atoms with Crippen LogP contribution in [0, 0.1) is 5.82 Å². The Kier molecular flexibility index (Phi) is 4.04. The number of nitrogens with zero attached hydrogens (tertiary/aromatic N) is 2. The maximum absolute atomic E-state index is 13.3. The number of imidazole rings is 1. The third-order valence-corrected chi connectivity index (χ3v) is 2.98. The summed E-state index contributed by atoms with van der Waals surface area (Å²) >= 11 is 5.77. The zero-order chi connectivity index (χ0) is 13.1. The van der Waals surface area contributed by atoms with Gasteiger partial charge < -0.3 is 15.0 Å². The van der Waals surface area contributed by atoms with Crippen molar-refractivity contribution in [3.63, 3.8) is 0 Å². The van der Waals surface area contributed by atoms with Gasteiger partial charge in [-0.3, -0.25) is 0 Å². The number of aromatic nitrogens is 2. The normalized spacial score (nSPS) is 11.3. The lowest BCUT2D eigenvalue weighted by molar-refractivity contribution is 0.142. The van der Waals surface area contributed by atoms with Crippen LogP contribution in [0.1, 0.15) is 13.3 Å². The van der Waals surface area contributed by atoms with Crippen LogP contribution in [0.4, 0.5) is 10.3 Å². The molecule has 18 heavy (non-hydrogen) atoms. The SMILES string of the molecule is CCOCCCn1c(N)nc2cc(F)c(Cl)cc21. The molecule has 0 amide bonds. The highest BCUT2D eigenvalue weighted by molar-refractivity contribution is 6.31. The molecule has 0 unspecified atom stereocenters. The number of rotatable bonds is 5. The quantitative estimate of drug-likeness (QED) is 0.851. The van der Waals surface area contributed by atoms with E-state index < -0.39 is 5.82 Å². The Labute approximate surface area is 109 Å². The van der Waals surface area contributed by atoms with E-state index in [1.54, 1.807) is 6.07 Å². The lowest BCUT2D eigenvalue weighted by Crippen LogP contribution is -2.06. The molecule has 2 rings (SSSR count). The highest BCUT2D eigenvalue weighted by atomic mass is 35.5. The number of benzene rings is 1. The molecule has 1 heterocycles. The summed E-state index contributed by atoms with van der Waals surface area (Å²) in [4.78, 5) is 4.12. The first-order valence-electron chi connectivity index (χ1n) is 5.82. The van der Waals surface area contributed by atoms with Crippen molar-refractivity contribution in [1.82, 2.24) is 9.55 Å². The van der Waals surface area contributed by atoms with Gasteiger partial charge in [0.2, 0.25) is 5.95 Å². The van der Waals surface area contributed by atoms with E-state index in [1.807, 2.05) is 11.5 Å². The van der Waals surface area contributed by atoms with E-state index in [-0.39, 0.29) is 5.02 Å². The third-order valence-electron chi connectivity index (χ3n) is 2.69. The summed E-state index contributed by atoms with van der Waals surface area (Å²) in [6, 6.07) is 2.85. The number of hydrogen-bond donors (Lipinski definition) is 1. The Morgan fingerprint density at radius 2 is 2.28 bits per heavy atom. The number of fused-ring (bicyclic) bond motifs is 1. The second-order valence-corrected chi connectivity index (χ2v) is 4.33. The van der Waals surface area contributed by atoms with Gasteiger partial charge in [0, 0.05) is 25.8 Å².